The molecular weight excluding hydrogens is 356 g/mol. The van der Waals surface area contributed by atoms with E-state index in [0.717, 1.165) is 5.56 Å². The van der Waals surface area contributed by atoms with Crippen molar-refractivity contribution in [1.29, 1.82) is 5.26 Å². The Kier molecular flexibility index (Phi) is 7.94. The molecule has 1 aromatic rings. The van der Waals surface area contributed by atoms with Gasteiger partial charge in [0, 0.05) is 30.0 Å². The van der Waals surface area contributed by atoms with Crippen molar-refractivity contribution in [3.05, 3.63) is 40.6 Å². The predicted molar refractivity (Wildman–Crippen MR) is 101 cm³/mol. The van der Waals surface area contributed by atoms with Crippen molar-refractivity contribution in [1.82, 2.24) is 10.6 Å². The van der Waals surface area contributed by atoms with E-state index in [9.17, 15) is 9.59 Å². The molecule has 0 aliphatic carbocycles. The SMILES string of the molecule is Cc1ccc(NC(=O)/C(C#N)=C\NCCNC(=O)OC(C)(C)C)cc1Cl. The number of halogens is 1. The van der Waals surface area contributed by atoms with Crippen LogP contribution in [0.15, 0.2) is 30.0 Å². The molecule has 3 N–H and O–H groups in total. The van der Waals surface area contributed by atoms with Gasteiger partial charge in [-0.3, -0.25) is 4.79 Å². The van der Waals surface area contributed by atoms with Gasteiger partial charge in [-0.1, -0.05) is 17.7 Å². The lowest BCUT2D eigenvalue weighted by molar-refractivity contribution is -0.112. The second kappa shape index (κ2) is 9.68. The topological polar surface area (TPSA) is 103 Å². The van der Waals surface area contributed by atoms with Gasteiger partial charge in [0.1, 0.15) is 17.2 Å². The first kappa shape index (κ1) is 21.3. The molecule has 0 bridgehead atoms. The second-order valence-corrected chi connectivity index (χ2v) is 6.88. The summed E-state index contributed by atoms with van der Waals surface area (Å²) < 4.78 is 5.09. The Morgan fingerprint density at radius 1 is 1.31 bits per heavy atom. The number of benzene rings is 1. The van der Waals surface area contributed by atoms with Crippen molar-refractivity contribution in [3.63, 3.8) is 0 Å². The Bertz CT molecular complexity index is 733. The fourth-order valence-corrected chi connectivity index (χ4v) is 1.92. The van der Waals surface area contributed by atoms with E-state index in [1.807, 2.05) is 13.0 Å². The molecule has 0 fully saturated rings. The zero-order valence-corrected chi connectivity index (χ0v) is 16.0. The fraction of sp³-hybridized carbons (Fsp3) is 0.389. The number of carbonyl (C=O) groups is 2. The molecule has 2 amide bonds. The number of nitrogens with one attached hydrogen (secondary N) is 3. The first-order valence-electron chi connectivity index (χ1n) is 8.00. The van der Waals surface area contributed by atoms with Crippen LogP contribution in [0.5, 0.6) is 0 Å². The highest BCUT2D eigenvalue weighted by molar-refractivity contribution is 6.31. The third-order valence-electron chi connectivity index (χ3n) is 2.98. The van der Waals surface area contributed by atoms with Crippen LogP contribution < -0.4 is 16.0 Å². The van der Waals surface area contributed by atoms with Crippen LogP contribution in [0.4, 0.5) is 10.5 Å². The van der Waals surface area contributed by atoms with Gasteiger partial charge in [0.15, 0.2) is 0 Å². The smallest absolute Gasteiger partial charge is 0.407 e. The Labute approximate surface area is 158 Å². The van der Waals surface area contributed by atoms with E-state index in [0.29, 0.717) is 17.3 Å². The maximum Gasteiger partial charge on any atom is 0.407 e. The number of nitriles is 1. The molecule has 140 valence electrons. The largest absolute Gasteiger partial charge is 0.444 e. The van der Waals surface area contributed by atoms with E-state index >= 15 is 0 Å². The van der Waals surface area contributed by atoms with E-state index in [-0.39, 0.29) is 12.1 Å². The Balaban J connectivity index is 2.47. The standard InChI is InChI=1S/C18H23ClN4O3/c1-12-5-6-14(9-15(12)19)23-16(24)13(10-20)11-21-7-8-22-17(25)26-18(2,3)4/h5-6,9,11,21H,7-8H2,1-4H3,(H,22,25)(H,23,24)/b13-11-. The molecule has 26 heavy (non-hydrogen) atoms. The molecule has 0 atom stereocenters. The third-order valence-corrected chi connectivity index (χ3v) is 3.39. The van der Waals surface area contributed by atoms with Gasteiger partial charge in [-0.05, 0) is 45.4 Å². The van der Waals surface area contributed by atoms with Crippen molar-refractivity contribution in [3.8, 4) is 6.07 Å². The number of anilines is 1. The van der Waals surface area contributed by atoms with Gasteiger partial charge in [-0.2, -0.15) is 5.26 Å². The first-order valence-corrected chi connectivity index (χ1v) is 8.38. The zero-order chi connectivity index (χ0) is 19.7. The van der Waals surface area contributed by atoms with E-state index in [2.05, 4.69) is 16.0 Å². The van der Waals surface area contributed by atoms with Crippen LogP contribution in [0.2, 0.25) is 5.02 Å². The lowest BCUT2D eigenvalue weighted by atomic mass is 10.2. The number of carbonyl (C=O) groups excluding carboxylic acids is 2. The average Bonchev–Trinajstić information content (AvgIpc) is 2.52. The molecule has 0 heterocycles. The molecule has 0 radical (unpaired) electrons. The van der Waals surface area contributed by atoms with Gasteiger partial charge in [-0.25, -0.2) is 4.79 Å². The summed E-state index contributed by atoms with van der Waals surface area (Å²) in [5, 5.41) is 17.6. The summed E-state index contributed by atoms with van der Waals surface area (Å²) in [5.74, 6) is -0.556. The van der Waals surface area contributed by atoms with Crippen LogP contribution in [-0.2, 0) is 9.53 Å². The molecule has 0 aliphatic rings. The summed E-state index contributed by atoms with van der Waals surface area (Å²) in [6.45, 7) is 7.77. The van der Waals surface area contributed by atoms with Crippen molar-refractivity contribution in [2.24, 2.45) is 0 Å². The molecule has 0 saturated heterocycles. The molecule has 1 rings (SSSR count). The van der Waals surface area contributed by atoms with Gasteiger partial charge in [0.05, 0.1) is 0 Å². The highest BCUT2D eigenvalue weighted by atomic mass is 35.5. The maximum absolute atomic E-state index is 12.1. The van der Waals surface area contributed by atoms with E-state index in [1.54, 1.807) is 39.0 Å². The van der Waals surface area contributed by atoms with Gasteiger partial charge in [0.2, 0.25) is 0 Å². The number of rotatable bonds is 6. The van der Waals surface area contributed by atoms with Crippen molar-refractivity contribution < 1.29 is 14.3 Å². The molecule has 1 aromatic carbocycles. The van der Waals surface area contributed by atoms with E-state index in [4.69, 9.17) is 21.6 Å². The molecular formula is C18H23ClN4O3. The third kappa shape index (κ3) is 7.90. The Morgan fingerprint density at radius 2 is 2.00 bits per heavy atom. The van der Waals surface area contributed by atoms with Crippen LogP contribution >= 0.6 is 11.6 Å². The van der Waals surface area contributed by atoms with Gasteiger partial charge < -0.3 is 20.7 Å². The number of ether oxygens (including phenoxy) is 1. The Hall–Kier alpha value is -2.72. The molecule has 0 saturated carbocycles. The normalized spacial score (nSPS) is 11.3. The average molecular weight is 379 g/mol. The quantitative estimate of drug-likeness (QED) is 0.401. The minimum absolute atomic E-state index is 0.0982. The van der Waals surface area contributed by atoms with Crippen LogP contribution in [0, 0.1) is 18.3 Å². The Morgan fingerprint density at radius 3 is 2.58 bits per heavy atom. The van der Waals surface area contributed by atoms with Crippen molar-refractivity contribution in [2.75, 3.05) is 18.4 Å². The molecule has 0 aliphatic heterocycles. The summed E-state index contributed by atoms with van der Waals surface area (Å²) in [7, 11) is 0. The van der Waals surface area contributed by atoms with Gasteiger partial charge >= 0.3 is 6.09 Å². The number of alkyl carbamates (subject to hydrolysis) is 1. The van der Waals surface area contributed by atoms with E-state index in [1.165, 1.54) is 6.20 Å². The highest BCUT2D eigenvalue weighted by Crippen LogP contribution is 2.20. The number of hydrogen-bond donors (Lipinski definition) is 3. The summed E-state index contributed by atoms with van der Waals surface area (Å²) in [6, 6.07) is 6.91. The monoisotopic (exact) mass is 378 g/mol. The molecule has 0 spiro atoms. The van der Waals surface area contributed by atoms with Crippen LogP contribution in [0.3, 0.4) is 0 Å². The van der Waals surface area contributed by atoms with E-state index < -0.39 is 17.6 Å². The fourth-order valence-electron chi connectivity index (χ4n) is 1.74. The molecule has 8 heteroatoms. The summed E-state index contributed by atoms with van der Waals surface area (Å²) in [5.41, 5.74) is 0.722. The lowest BCUT2D eigenvalue weighted by Crippen LogP contribution is -2.35. The lowest BCUT2D eigenvalue weighted by Gasteiger charge is -2.19. The first-order chi connectivity index (χ1) is 12.1. The summed E-state index contributed by atoms with van der Waals surface area (Å²) >= 11 is 6.01. The molecule has 7 nitrogen and oxygen atoms in total. The minimum Gasteiger partial charge on any atom is -0.444 e. The van der Waals surface area contributed by atoms with Gasteiger partial charge in [-0.15, -0.1) is 0 Å². The van der Waals surface area contributed by atoms with Crippen molar-refractivity contribution in [2.45, 2.75) is 33.3 Å². The number of amides is 2. The number of aryl methyl sites for hydroxylation is 1. The summed E-state index contributed by atoms with van der Waals surface area (Å²) in [6.07, 6.45) is 0.764. The van der Waals surface area contributed by atoms with Crippen LogP contribution in [0.25, 0.3) is 0 Å². The summed E-state index contributed by atoms with van der Waals surface area (Å²) in [4.78, 5) is 23.6. The van der Waals surface area contributed by atoms with Gasteiger partial charge in [0.25, 0.3) is 5.91 Å². The number of nitrogens with zero attached hydrogens (tertiary/aromatic N) is 1. The van der Waals surface area contributed by atoms with Crippen LogP contribution in [-0.4, -0.2) is 30.7 Å². The zero-order valence-electron chi connectivity index (χ0n) is 15.3. The van der Waals surface area contributed by atoms with Crippen molar-refractivity contribution >= 4 is 29.3 Å². The second-order valence-electron chi connectivity index (χ2n) is 6.47. The highest BCUT2D eigenvalue weighted by Gasteiger charge is 2.15. The maximum atomic E-state index is 12.1. The minimum atomic E-state index is -0.567. The predicted octanol–water partition coefficient (Wildman–Crippen LogP) is 3.11. The number of hydrogen-bond acceptors (Lipinski definition) is 5. The molecule has 0 aromatic heterocycles. The van der Waals surface area contributed by atoms with Crippen LogP contribution in [0.1, 0.15) is 26.3 Å². The molecule has 0 unspecified atom stereocenters.